The first kappa shape index (κ1) is 18.7. The lowest BCUT2D eigenvalue weighted by Crippen LogP contribution is -2.39. The van der Waals surface area contributed by atoms with Gasteiger partial charge in [-0.2, -0.15) is 0 Å². The van der Waals surface area contributed by atoms with Crippen LogP contribution in [-0.4, -0.2) is 30.9 Å². The van der Waals surface area contributed by atoms with Crippen molar-refractivity contribution in [3.05, 3.63) is 33.3 Å². The van der Waals surface area contributed by atoms with E-state index in [-0.39, 0.29) is 23.7 Å². The molecule has 0 atom stereocenters. The predicted octanol–water partition coefficient (Wildman–Crippen LogP) is 3.58. The lowest BCUT2D eigenvalue weighted by atomic mass is 9.93. The van der Waals surface area contributed by atoms with Crippen LogP contribution in [0.1, 0.15) is 24.2 Å². The second-order valence-corrected chi connectivity index (χ2v) is 6.44. The number of hydrogen-bond acceptors (Lipinski definition) is 2. The Labute approximate surface area is 134 Å². The van der Waals surface area contributed by atoms with E-state index < -0.39 is 0 Å². The predicted molar refractivity (Wildman–Crippen MR) is 86.2 cm³/mol. The Morgan fingerprint density at radius 1 is 1.47 bits per heavy atom. The maximum absolute atomic E-state index is 12.3. The molecule has 0 aromatic heterocycles. The summed E-state index contributed by atoms with van der Waals surface area (Å²) in [6, 6.07) is 5.18. The molecule has 0 bridgehead atoms. The SMILES string of the molecule is CN(CC(C)(C)CN)C(=O)c1cc(Cl)ccc1Br.Cl. The molecule has 0 fully saturated rings. The van der Waals surface area contributed by atoms with Crippen molar-refractivity contribution < 1.29 is 4.79 Å². The average molecular weight is 370 g/mol. The van der Waals surface area contributed by atoms with Gasteiger partial charge < -0.3 is 10.6 Å². The Morgan fingerprint density at radius 3 is 2.58 bits per heavy atom. The highest BCUT2D eigenvalue weighted by molar-refractivity contribution is 9.10. The molecule has 1 amide bonds. The second kappa shape index (κ2) is 7.48. The van der Waals surface area contributed by atoms with Gasteiger partial charge in [0.1, 0.15) is 0 Å². The van der Waals surface area contributed by atoms with Gasteiger partial charge >= 0.3 is 0 Å². The number of carbonyl (C=O) groups is 1. The molecule has 0 aliphatic carbocycles. The van der Waals surface area contributed by atoms with Gasteiger partial charge in [-0.15, -0.1) is 12.4 Å². The minimum absolute atomic E-state index is 0. The molecule has 0 aliphatic heterocycles. The summed E-state index contributed by atoms with van der Waals surface area (Å²) in [5.74, 6) is -0.0640. The van der Waals surface area contributed by atoms with Crippen LogP contribution in [0.2, 0.25) is 5.02 Å². The lowest BCUT2D eigenvalue weighted by molar-refractivity contribution is 0.0739. The van der Waals surface area contributed by atoms with Crippen molar-refractivity contribution >= 4 is 45.8 Å². The summed E-state index contributed by atoms with van der Waals surface area (Å²) < 4.78 is 0.745. The molecule has 6 heteroatoms. The summed E-state index contributed by atoms with van der Waals surface area (Å²) >= 11 is 9.28. The molecule has 108 valence electrons. The van der Waals surface area contributed by atoms with E-state index in [0.29, 0.717) is 23.7 Å². The third-order valence-corrected chi connectivity index (χ3v) is 3.65. The lowest BCUT2D eigenvalue weighted by Gasteiger charge is -2.29. The fourth-order valence-corrected chi connectivity index (χ4v) is 2.23. The van der Waals surface area contributed by atoms with Crippen LogP contribution in [0, 0.1) is 5.41 Å². The van der Waals surface area contributed by atoms with Gasteiger partial charge in [0.15, 0.2) is 0 Å². The number of amides is 1. The van der Waals surface area contributed by atoms with Gasteiger partial charge in [-0.25, -0.2) is 0 Å². The van der Waals surface area contributed by atoms with Crippen LogP contribution in [-0.2, 0) is 0 Å². The zero-order valence-corrected chi connectivity index (χ0v) is 14.4. The van der Waals surface area contributed by atoms with Gasteiger partial charge in [-0.3, -0.25) is 4.79 Å². The summed E-state index contributed by atoms with van der Waals surface area (Å²) in [6.45, 7) is 5.19. The fraction of sp³-hybridized carbons (Fsp3) is 0.462. The molecule has 0 saturated carbocycles. The summed E-state index contributed by atoms with van der Waals surface area (Å²) in [7, 11) is 1.77. The smallest absolute Gasteiger partial charge is 0.254 e. The normalized spacial score (nSPS) is 10.8. The van der Waals surface area contributed by atoms with Crippen molar-refractivity contribution in [3.8, 4) is 0 Å². The van der Waals surface area contributed by atoms with Gasteiger partial charge in [0.05, 0.1) is 5.56 Å². The van der Waals surface area contributed by atoms with Crippen LogP contribution in [0.25, 0.3) is 0 Å². The molecule has 1 aromatic carbocycles. The third kappa shape index (κ3) is 5.30. The van der Waals surface area contributed by atoms with E-state index in [1.54, 1.807) is 30.1 Å². The topological polar surface area (TPSA) is 46.3 Å². The average Bonchev–Trinajstić information content (AvgIpc) is 2.31. The molecule has 0 heterocycles. The molecule has 19 heavy (non-hydrogen) atoms. The van der Waals surface area contributed by atoms with Crippen LogP contribution in [0.5, 0.6) is 0 Å². The minimum Gasteiger partial charge on any atom is -0.341 e. The molecule has 0 radical (unpaired) electrons. The largest absolute Gasteiger partial charge is 0.341 e. The number of halogens is 3. The molecule has 1 aromatic rings. The first-order valence-corrected chi connectivity index (χ1v) is 6.84. The van der Waals surface area contributed by atoms with Crippen molar-refractivity contribution in [2.45, 2.75) is 13.8 Å². The second-order valence-electron chi connectivity index (χ2n) is 5.15. The Bertz CT molecular complexity index is 452. The molecule has 0 saturated heterocycles. The molecular weight excluding hydrogens is 351 g/mol. The van der Waals surface area contributed by atoms with E-state index in [2.05, 4.69) is 15.9 Å². The zero-order chi connectivity index (χ0) is 13.9. The summed E-state index contributed by atoms with van der Waals surface area (Å²) in [6.07, 6.45) is 0. The number of carbonyl (C=O) groups excluding carboxylic acids is 1. The third-order valence-electron chi connectivity index (χ3n) is 2.72. The molecule has 0 aliphatic rings. The minimum atomic E-state index is -0.102. The van der Waals surface area contributed by atoms with Crippen molar-refractivity contribution in [1.29, 1.82) is 0 Å². The highest BCUT2D eigenvalue weighted by Crippen LogP contribution is 2.23. The van der Waals surface area contributed by atoms with Crippen molar-refractivity contribution in [1.82, 2.24) is 4.90 Å². The number of nitrogens with two attached hydrogens (primary N) is 1. The quantitative estimate of drug-likeness (QED) is 0.881. The van der Waals surface area contributed by atoms with Crippen LogP contribution in [0.3, 0.4) is 0 Å². The summed E-state index contributed by atoms with van der Waals surface area (Å²) in [5, 5.41) is 0.549. The van der Waals surface area contributed by atoms with Crippen molar-refractivity contribution in [2.24, 2.45) is 11.1 Å². The number of benzene rings is 1. The van der Waals surface area contributed by atoms with E-state index in [1.807, 2.05) is 13.8 Å². The maximum atomic E-state index is 12.3. The van der Waals surface area contributed by atoms with Gasteiger partial charge in [-0.1, -0.05) is 25.4 Å². The van der Waals surface area contributed by atoms with Crippen LogP contribution in [0.15, 0.2) is 22.7 Å². The summed E-state index contributed by atoms with van der Waals surface area (Å²) in [4.78, 5) is 14.0. The number of nitrogens with zero attached hydrogens (tertiary/aromatic N) is 1. The van der Waals surface area contributed by atoms with E-state index in [4.69, 9.17) is 17.3 Å². The van der Waals surface area contributed by atoms with Crippen molar-refractivity contribution in [3.63, 3.8) is 0 Å². The Hall–Kier alpha value is -0.290. The Kier molecular flexibility index (Phi) is 7.37. The van der Waals surface area contributed by atoms with Gasteiger partial charge in [0, 0.05) is 23.1 Å². The molecule has 0 spiro atoms. The highest BCUT2D eigenvalue weighted by Gasteiger charge is 2.23. The molecule has 0 unspecified atom stereocenters. The molecule has 1 rings (SSSR count). The van der Waals surface area contributed by atoms with E-state index in [9.17, 15) is 4.79 Å². The Balaban J connectivity index is 0.00000324. The zero-order valence-electron chi connectivity index (χ0n) is 11.2. The first-order chi connectivity index (χ1) is 8.26. The first-order valence-electron chi connectivity index (χ1n) is 5.67. The van der Waals surface area contributed by atoms with Gasteiger partial charge in [0.25, 0.3) is 5.91 Å². The maximum Gasteiger partial charge on any atom is 0.254 e. The standard InChI is InChI=1S/C13H18BrClN2O.ClH/c1-13(2,7-16)8-17(3)12(18)10-6-9(15)4-5-11(10)14;/h4-6H,7-8,16H2,1-3H3;1H. The molecule has 3 nitrogen and oxygen atoms in total. The molecular formula is C13H19BrCl2N2O. The van der Waals surface area contributed by atoms with Crippen LogP contribution < -0.4 is 5.73 Å². The highest BCUT2D eigenvalue weighted by atomic mass is 79.9. The Morgan fingerprint density at radius 2 is 2.05 bits per heavy atom. The van der Waals surface area contributed by atoms with Gasteiger partial charge in [-0.05, 0) is 46.1 Å². The monoisotopic (exact) mass is 368 g/mol. The fourth-order valence-electron chi connectivity index (χ4n) is 1.65. The van der Waals surface area contributed by atoms with Crippen LogP contribution in [0.4, 0.5) is 0 Å². The van der Waals surface area contributed by atoms with Crippen molar-refractivity contribution in [2.75, 3.05) is 20.1 Å². The van der Waals surface area contributed by atoms with E-state index in [0.717, 1.165) is 4.47 Å². The summed E-state index contributed by atoms with van der Waals surface area (Å²) in [5.41, 5.74) is 6.14. The number of rotatable bonds is 4. The number of hydrogen-bond donors (Lipinski definition) is 1. The molecule has 2 N–H and O–H groups in total. The van der Waals surface area contributed by atoms with E-state index >= 15 is 0 Å². The van der Waals surface area contributed by atoms with E-state index in [1.165, 1.54) is 0 Å². The van der Waals surface area contributed by atoms with Crippen LogP contribution >= 0.6 is 39.9 Å². The van der Waals surface area contributed by atoms with Gasteiger partial charge in [0.2, 0.25) is 0 Å².